The van der Waals surface area contributed by atoms with E-state index in [1.807, 2.05) is 6.08 Å². The lowest BCUT2D eigenvalue weighted by Crippen LogP contribution is -2.35. The van der Waals surface area contributed by atoms with Crippen LogP contribution in [0.1, 0.15) is 37.3 Å². The van der Waals surface area contributed by atoms with Crippen LogP contribution >= 0.6 is 0 Å². The van der Waals surface area contributed by atoms with E-state index in [1.54, 1.807) is 31.4 Å². The maximum atomic E-state index is 12.3. The summed E-state index contributed by atoms with van der Waals surface area (Å²) in [7, 11) is 1.57. The van der Waals surface area contributed by atoms with Crippen molar-refractivity contribution in [2.75, 3.05) is 7.11 Å². The van der Waals surface area contributed by atoms with Crippen LogP contribution in [0.15, 0.2) is 36.4 Å². The molecule has 1 aromatic carbocycles. The van der Waals surface area contributed by atoms with Crippen LogP contribution in [-0.4, -0.2) is 24.1 Å². The third kappa shape index (κ3) is 4.35. The van der Waals surface area contributed by atoms with Gasteiger partial charge >= 0.3 is 5.97 Å². The standard InChI is InChI=1S/C17H21NO4/c1-22-14-9-7-12(8-10-14)15(11-16(19)20)18-17(21)13-5-3-2-4-6-13/h2-3,7-10,13,15H,4-6,11H2,1H3,(H,18,21)(H,19,20)/t13-,15+/m1/s1. The zero-order valence-corrected chi connectivity index (χ0v) is 12.6. The first-order chi connectivity index (χ1) is 10.6. The molecule has 0 radical (unpaired) electrons. The Morgan fingerprint density at radius 2 is 2.05 bits per heavy atom. The molecule has 2 atom stereocenters. The Morgan fingerprint density at radius 1 is 1.32 bits per heavy atom. The lowest BCUT2D eigenvalue weighted by atomic mass is 9.92. The molecule has 0 heterocycles. The van der Waals surface area contributed by atoms with Crippen molar-refractivity contribution in [1.82, 2.24) is 5.32 Å². The van der Waals surface area contributed by atoms with Crippen LogP contribution in [0.3, 0.4) is 0 Å². The molecule has 1 aliphatic carbocycles. The number of benzene rings is 1. The molecular formula is C17H21NO4. The third-order valence-corrected chi connectivity index (χ3v) is 3.85. The van der Waals surface area contributed by atoms with Gasteiger partial charge in [-0.15, -0.1) is 0 Å². The van der Waals surface area contributed by atoms with Crippen LogP contribution < -0.4 is 10.1 Å². The molecule has 0 spiro atoms. The van der Waals surface area contributed by atoms with Crippen LogP contribution in [0.4, 0.5) is 0 Å². The molecule has 2 rings (SSSR count). The van der Waals surface area contributed by atoms with Crippen LogP contribution in [0.25, 0.3) is 0 Å². The highest BCUT2D eigenvalue weighted by atomic mass is 16.5. The maximum absolute atomic E-state index is 12.3. The minimum atomic E-state index is -0.940. The van der Waals surface area contributed by atoms with E-state index >= 15 is 0 Å². The second-order valence-electron chi connectivity index (χ2n) is 5.41. The highest BCUT2D eigenvalue weighted by Crippen LogP contribution is 2.23. The fraction of sp³-hybridized carbons (Fsp3) is 0.412. The van der Waals surface area contributed by atoms with Gasteiger partial charge in [-0.3, -0.25) is 9.59 Å². The molecular weight excluding hydrogens is 282 g/mol. The summed E-state index contributed by atoms with van der Waals surface area (Å²) in [6, 6.07) is 6.57. The largest absolute Gasteiger partial charge is 0.497 e. The number of carboxylic acid groups (broad SMARTS) is 1. The number of amides is 1. The Morgan fingerprint density at radius 3 is 2.59 bits per heavy atom. The van der Waals surface area contributed by atoms with Gasteiger partial charge in [-0.1, -0.05) is 24.3 Å². The molecule has 0 saturated carbocycles. The van der Waals surface area contributed by atoms with E-state index in [9.17, 15) is 9.59 Å². The molecule has 0 unspecified atom stereocenters. The lowest BCUT2D eigenvalue weighted by molar-refractivity contribution is -0.138. The van der Waals surface area contributed by atoms with Gasteiger partial charge in [0.05, 0.1) is 19.6 Å². The van der Waals surface area contributed by atoms with E-state index in [2.05, 4.69) is 11.4 Å². The van der Waals surface area contributed by atoms with Gasteiger partial charge in [-0.25, -0.2) is 0 Å². The third-order valence-electron chi connectivity index (χ3n) is 3.85. The molecule has 0 aromatic heterocycles. The topological polar surface area (TPSA) is 75.6 Å². The van der Waals surface area contributed by atoms with E-state index in [1.165, 1.54) is 0 Å². The number of rotatable bonds is 6. The molecule has 1 aromatic rings. The number of ether oxygens (including phenoxy) is 1. The van der Waals surface area contributed by atoms with E-state index in [-0.39, 0.29) is 18.2 Å². The first-order valence-corrected chi connectivity index (χ1v) is 7.41. The highest BCUT2D eigenvalue weighted by molar-refractivity contribution is 5.80. The van der Waals surface area contributed by atoms with Gasteiger partial charge < -0.3 is 15.2 Å². The van der Waals surface area contributed by atoms with Crippen molar-refractivity contribution in [2.24, 2.45) is 5.92 Å². The number of allylic oxidation sites excluding steroid dienone is 2. The molecule has 0 bridgehead atoms. The summed E-state index contributed by atoms with van der Waals surface area (Å²) >= 11 is 0. The number of hydrogen-bond acceptors (Lipinski definition) is 3. The molecule has 118 valence electrons. The average molecular weight is 303 g/mol. The van der Waals surface area contributed by atoms with Crippen molar-refractivity contribution >= 4 is 11.9 Å². The summed E-state index contributed by atoms with van der Waals surface area (Å²) in [6.07, 6.45) is 6.36. The van der Waals surface area contributed by atoms with Gasteiger partial charge in [0.15, 0.2) is 0 Å². The van der Waals surface area contributed by atoms with Crippen molar-refractivity contribution in [3.63, 3.8) is 0 Å². The second kappa shape index (κ2) is 7.64. The Hall–Kier alpha value is -2.30. The Balaban J connectivity index is 2.09. The van der Waals surface area contributed by atoms with E-state index in [4.69, 9.17) is 9.84 Å². The molecule has 22 heavy (non-hydrogen) atoms. The van der Waals surface area contributed by atoms with Crippen molar-refractivity contribution in [2.45, 2.75) is 31.7 Å². The predicted octanol–water partition coefficient (Wildman–Crippen LogP) is 2.68. The van der Waals surface area contributed by atoms with Gasteiger partial charge in [0.2, 0.25) is 5.91 Å². The molecule has 1 aliphatic rings. The van der Waals surface area contributed by atoms with E-state index in [0.29, 0.717) is 12.2 Å². The summed E-state index contributed by atoms with van der Waals surface area (Å²) in [5.41, 5.74) is 0.767. The Kier molecular flexibility index (Phi) is 5.58. The minimum Gasteiger partial charge on any atom is -0.497 e. The van der Waals surface area contributed by atoms with Crippen LogP contribution in [0.5, 0.6) is 5.75 Å². The minimum absolute atomic E-state index is 0.0699. The van der Waals surface area contributed by atoms with Crippen LogP contribution in [0.2, 0.25) is 0 Å². The van der Waals surface area contributed by atoms with Crippen molar-refractivity contribution < 1.29 is 19.4 Å². The van der Waals surface area contributed by atoms with Gasteiger partial charge in [0, 0.05) is 5.92 Å². The number of carbonyl (C=O) groups is 2. The predicted molar refractivity (Wildman–Crippen MR) is 82.6 cm³/mol. The summed E-state index contributed by atoms with van der Waals surface area (Å²) in [5, 5.41) is 12.0. The molecule has 0 fully saturated rings. The first kappa shape index (κ1) is 16.1. The lowest BCUT2D eigenvalue weighted by Gasteiger charge is -2.23. The van der Waals surface area contributed by atoms with E-state index in [0.717, 1.165) is 18.4 Å². The number of nitrogens with one attached hydrogen (secondary N) is 1. The van der Waals surface area contributed by atoms with Crippen molar-refractivity contribution in [3.05, 3.63) is 42.0 Å². The molecule has 1 amide bonds. The molecule has 5 nitrogen and oxygen atoms in total. The molecule has 5 heteroatoms. The summed E-state index contributed by atoms with van der Waals surface area (Å²) in [5.74, 6) is -0.391. The smallest absolute Gasteiger partial charge is 0.305 e. The second-order valence-corrected chi connectivity index (χ2v) is 5.41. The zero-order chi connectivity index (χ0) is 15.9. The van der Waals surface area contributed by atoms with Gasteiger partial charge in [0.25, 0.3) is 0 Å². The van der Waals surface area contributed by atoms with Gasteiger partial charge in [-0.2, -0.15) is 0 Å². The van der Waals surface area contributed by atoms with Crippen molar-refractivity contribution in [1.29, 1.82) is 0 Å². The summed E-state index contributed by atoms with van der Waals surface area (Å²) in [6.45, 7) is 0. The van der Waals surface area contributed by atoms with Crippen LogP contribution in [-0.2, 0) is 9.59 Å². The SMILES string of the molecule is COc1ccc([C@H](CC(=O)O)NC(=O)[C@@H]2CC=CCC2)cc1. The molecule has 0 aliphatic heterocycles. The Labute approximate surface area is 130 Å². The quantitative estimate of drug-likeness (QED) is 0.792. The fourth-order valence-corrected chi connectivity index (χ4v) is 2.58. The normalized spacial score (nSPS) is 18.5. The number of methoxy groups -OCH3 is 1. The van der Waals surface area contributed by atoms with E-state index < -0.39 is 12.0 Å². The molecule has 2 N–H and O–H groups in total. The summed E-state index contributed by atoms with van der Waals surface area (Å²) < 4.78 is 5.10. The van der Waals surface area contributed by atoms with Crippen LogP contribution in [0, 0.1) is 5.92 Å². The zero-order valence-electron chi connectivity index (χ0n) is 12.6. The number of hydrogen-bond donors (Lipinski definition) is 2. The van der Waals surface area contributed by atoms with Crippen molar-refractivity contribution in [3.8, 4) is 5.75 Å². The first-order valence-electron chi connectivity index (χ1n) is 7.41. The highest BCUT2D eigenvalue weighted by Gasteiger charge is 2.24. The maximum Gasteiger partial charge on any atom is 0.305 e. The van der Waals surface area contributed by atoms with Gasteiger partial charge in [-0.05, 0) is 37.0 Å². The number of aliphatic carboxylic acids is 1. The number of carbonyl (C=O) groups excluding carboxylic acids is 1. The average Bonchev–Trinajstić information content (AvgIpc) is 2.54. The summed E-state index contributed by atoms with van der Waals surface area (Å²) in [4.78, 5) is 23.4. The van der Waals surface area contributed by atoms with Gasteiger partial charge in [0.1, 0.15) is 5.75 Å². The Bertz CT molecular complexity index is 550. The molecule has 0 saturated heterocycles. The fourth-order valence-electron chi connectivity index (χ4n) is 2.58. The monoisotopic (exact) mass is 303 g/mol. The number of carboxylic acids is 1.